The highest BCUT2D eigenvalue weighted by Gasteiger charge is 2.23. The van der Waals surface area contributed by atoms with E-state index < -0.39 is 11.7 Å². The van der Waals surface area contributed by atoms with Gasteiger partial charge >= 0.3 is 6.09 Å². The monoisotopic (exact) mass is 444 g/mol. The van der Waals surface area contributed by atoms with Crippen molar-refractivity contribution in [1.29, 1.82) is 0 Å². The summed E-state index contributed by atoms with van der Waals surface area (Å²) in [5.41, 5.74) is 8.81. The maximum absolute atomic E-state index is 12.5. The van der Waals surface area contributed by atoms with Gasteiger partial charge in [0, 0.05) is 31.9 Å². The van der Waals surface area contributed by atoms with Crippen molar-refractivity contribution >= 4 is 34.6 Å². The molecule has 0 saturated carbocycles. The van der Waals surface area contributed by atoms with Crippen molar-refractivity contribution in [3.05, 3.63) is 46.2 Å². The molecule has 3 N–H and O–H groups in total. The third-order valence-corrected chi connectivity index (χ3v) is 5.85. The van der Waals surface area contributed by atoms with Gasteiger partial charge in [-0.25, -0.2) is 9.79 Å². The Hall–Kier alpha value is -2.58. The van der Waals surface area contributed by atoms with E-state index in [1.807, 2.05) is 44.4 Å². The van der Waals surface area contributed by atoms with Crippen LogP contribution < -0.4 is 10.6 Å². The summed E-state index contributed by atoms with van der Waals surface area (Å²) in [6, 6.07) is 10.1. The van der Waals surface area contributed by atoms with Crippen molar-refractivity contribution in [2.75, 3.05) is 37.7 Å². The molecule has 7 nitrogen and oxygen atoms in total. The van der Waals surface area contributed by atoms with Crippen molar-refractivity contribution in [1.82, 2.24) is 4.90 Å². The number of nitrogens with zero attached hydrogens (tertiary/aromatic N) is 3. The number of carbonyl (C=O) groups is 1. The van der Waals surface area contributed by atoms with E-state index in [2.05, 4.69) is 22.0 Å². The first-order chi connectivity index (χ1) is 14.8. The second kappa shape index (κ2) is 10.2. The van der Waals surface area contributed by atoms with E-state index in [1.54, 1.807) is 16.2 Å². The highest BCUT2D eigenvalue weighted by atomic mass is 32.1. The molecule has 1 amide bonds. The Labute approximate surface area is 188 Å². The predicted octanol–water partition coefficient (Wildman–Crippen LogP) is 3.77. The number of hydrogen-bond acceptors (Lipinski definition) is 6. The SMILES string of the molecule is CC(C)(C)OC(=O)N(CCO)CCN1CCCc2cc(N=C(N)c3cccs3)ccc21. The highest BCUT2D eigenvalue weighted by Crippen LogP contribution is 2.31. The summed E-state index contributed by atoms with van der Waals surface area (Å²) in [5.74, 6) is 0.527. The molecule has 0 bridgehead atoms. The third kappa shape index (κ3) is 6.45. The number of rotatable bonds is 7. The molecule has 168 valence electrons. The number of benzene rings is 1. The minimum Gasteiger partial charge on any atom is -0.444 e. The van der Waals surface area contributed by atoms with E-state index >= 15 is 0 Å². The van der Waals surface area contributed by atoms with Gasteiger partial charge in [-0.3, -0.25) is 0 Å². The fourth-order valence-electron chi connectivity index (χ4n) is 3.56. The number of aryl methyl sites for hydroxylation is 1. The molecule has 1 aliphatic rings. The lowest BCUT2D eigenvalue weighted by Crippen LogP contribution is -2.43. The van der Waals surface area contributed by atoms with Crippen LogP contribution >= 0.6 is 11.3 Å². The number of amidine groups is 1. The molecule has 1 aromatic carbocycles. The van der Waals surface area contributed by atoms with E-state index in [0.717, 1.165) is 35.6 Å². The summed E-state index contributed by atoms with van der Waals surface area (Å²) in [7, 11) is 0. The average molecular weight is 445 g/mol. The van der Waals surface area contributed by atoms with Crippen LogP contribution in [0.1, 0.15) is 37.6 Å². The number of carbonyl (C=O) groups excluding carboxylic acids is 1. The molecule has 0 unspecified atom stereocenters. The lowest BCUT2D eigenvalue weighted by atomic mass is 10.0. The molecule has 0 aliphatic carbocycles. The van der Waals surface area contributed by atoms with Crippen LogP contribution in [0.2, 0.25) is 0 Å². The van der Waals surface area contributed by atoms with Crippen LogP contribution in [0.25, 0.3) is 0 Å². The topological polar surface area (TPSA) is 91.4 Å². The predicted molar refractivity (Wildman–Crippen MR) is 127 cm³/mol. The minimum atomic E-state index is -0.565. The number of fused-ring (bicyclic) bond motifs is 1. The van der Waals surface area contributed by atoms with Gasteiger partial charge in [0.05, 0.1) is 17.2 Å². The van der Waals surface area contributed by atoms with Crippen LogP contribution in [0.4, 0.5) is 16.2 Å². The molecular formula is C23H32N4O3S. The number of aliphatic hydroxyl groups is 1. The van der Waals surface area contributed by atoms with Gasteiger partial charge in [0.1, 0.15) is 11.4 Å². The number of ether oxygens (including phenoxy) is 1. The maximum Gasteiger partial charge on any atom is 0.410 e. The van der Waals surface area contributed by atoms with Gasteiger partial charge in [0.15, 0.2) is 0 Å². The zero-order chi connectivity index (χ0) is 22.4. The number of amides is 1. The van der Waals surface area contributed by atoms with Gasteiger partial charge in [-0.1, -0.05) is 6.07 Å². The minimum absolute atomic E-state index is 0.0944. The molecule has 0 fully saturated rings. The van der Waals surface area contributed by atoms with Crippen LogP contribution in [-0.2, 0) is 11.2 Å². The number of thiophene rings is 1. The highest BCUT2D eigenvalue weighted by molar-refractivity contribution is 7.12. The van der Waals surface area contributed by atoms with Gasteiger partial charge in [-0.15, -0.1) is 11.3 Å². The zero-order valence-electron chi connectivity index (χ0n) is 18.5. The van der Waals surface area contributed by atoms with Gasteiger partial charge in [-0.05, 0) is 68.8 Å². The summed E-state index contributed by atoms with van der Waals surface area (Å²) in [4.78, 5) is 21.9. The van der Waals surface area contributed by atoms with Gasteiger partial charge in [0.25, 0.3) is 0 Å². The van der Waals surface area contributed by atoms with E-state index in [1.165, 1.54) is 5.56 Å². The second-order valence-electron chi connectivity index (χ2n) is 8.57. The molecule has 1 aromatic heterocycles. The summed E-state index contributed by atoms with van der Waals surface area (Å²) in [5, 5.41) is 11.4. The first-order valence-electron chi connectivity index (χ1n) is 10.6. The zero-order valence-corrected chi connectivity index (χ0v) is 19.3. The Balaban J connectivity index is 1.69. The fourth-order valence-corrected chi connectivity index (χ4v) is 4.19. The third-order valence-electron chi connectivity index (χ3n) is 4.96. The molecule has 31 heavy (non-hydrogen) atoms. The molecular weight excluding hydrogens is 412 g/mol. The van der Waals surface area contributed by atoms with E-state index in [0.29, 0.717) is 18.9 Å². The molecule has 0 atom stereocenters. The number of hydrogen-bond donors (Lipinski definition) is 2. The van der Waals surface area contributed by atoms with E-state index in [4.69, 9.17) is 10.5 Å². The van der Waals surface area contributed by atoms with Crippen LogP contribution in [0.5, 0.6) is 0 Å². The van der Waals surface area contributed by atoms with E-state index in [-0.39, 0.29) is 13.2 Å². The molecule has 2 heterocycles. The Bertz CT molecular complexity index is 906. The summed E-state index contributed by atoms with van der Waals surface area (Å²) < 4.78 is 5.48. The average Bonchev–Trinajstić information content (AvgIpc) is 3.24. The van der Waals surface area contributed by atoms with E-state index in [9.17, 15) is 9.90 Å². The molecule has 8 heteroatoms. The normalized spacial score (nSPS) is 14.3. The number of aliphatic imine (C=N–C) groups is 1. The van der Waals surface area contributed by atoms with Crippen LogP contribution in [0.15, 0.2) is 40.7 Å². The summed E-state index contributed by atoms with van der Waals surface area (Å²) >= 11 is 1.57. The van der Waals surface area contributed by atoms with Crippen molar-refractivity contribution in [2.24, 2.45) is 10.7 Å². The van der Waals surface area contributed by atoms with Gasteiger partial charge in [-0.2, -0.15) is 0 Å². The standard InChI is InChI=1S/C23H32N4O3S/c1-23(2,3)30-22(29)27(13-14-28)12-11-26-10-4-6-17-16-18(8-9-19(17)26)25-21(24)20-7-5-15-31-20/h5,7-9,15-16,28H,4,6,10-14H2,1-3H3,(H2,24,25). The quantitative estimate of drug-likeness (QED) is 0.501. The molecule has 0 radical (unpaired) electrons. The van der Waals surface area contributed by atoms with Crippen molar-refractivity contribution in [3.63, 3.8) is 0 Å². The summed E-state index contributed by atoms with van der Waals surface area (Å²) in [6.07, 6.45) is 1.63. The Kier molecular flexibility index (Phi) is 7.56. The molecule has 0 spiro atoms. The Morgan fingerprint density at radius 3 is 2.81 bits per heavy atom. The summed E-state index contributed by atoms with van der Waals surface area (Å²) in [6.45, 7) is 7.77. The van der Waals surface area contributed by atoms with Crippen molar-refractivity contribution in [2.45, 2.75) is 39.2 Å². The second-order valence-corrected chi connectivity index (χ2v) is 9.52. The first-order valence-corrected chi connectivity index (χ1v) is 11.5. The molecule has 2 aromatic rings. The first kappa shape index (κ1) is 23.1. The number of aliphatic hydroxyl groups excluding tert-OH is 1. The Morgan fingerprint density at radius 2 is 2.13 bits per heavy atom. The fraction of sp³-hybridized carbons (Fsp3) is 0.478. The number of nitrogens with two attached hydrogens (primary N) is 1. The smallest absolute Gasteiger partial charge is 0.410 e. The van der Waals surface area contributed by atoms with Crippen molar-refractivity contribution in [3.8, 4) is 0 Å². The lowest BCUT2D eigenvalue weighted by Gasteiger charge is -2.34. The lowest BCUT2D eigenvalue weighted by molar-refractivity contribution is 0.0224. The van der Waals surface area contributed by atoms with Crippen LogP contribution in [0.3, 0.4) is 0 Å². The Morgan fingerprint density at radius 1 is 1.32 bits per heavy atom. The van der Waals surface area contributed by atoms with Crippen LogP contribution in [-0.4, -0.2) is 60.3 Å². The molecule has 1 aliphatic heterocycles. The maximum atomic E-state index is 12.5. The number of anilines is 1. The molecule has 0 saturated heterocycles. The largest absolute Gasteiger partial charge is 0.444 e. The van der Waals surface area contributed by atoms with Gasteiger partial charge < -0.3 is 25.4 Å². The molecule has 3 rings (SSSR count). The van der Waals surface area contributed by atoms with Crippen molar-refractivity contribution < 1.29 is 14.6 Å². The van der Waals surface area contributed by atoms with Crippen LogP contribution in [0, 0.1) is 0 Å². The van der Waals surface area contributed by atoms with Gasteiger partial charge in [0.2, 0.25) is 0 Å².